The summed E-state index contributed by atoms with van der Waals surface area (Å²) in [5.41, 5.74) is -0.0501. The van der Waals surface area contributed by atoms with Gasteiger partial charge in [-0.2, -0.15) is 0 Å². The highest BCUT2D eigenvalue weighted by Crippen LogP contribution is 2.25. The van der Waals surface area contributed by atoms with Crippen LogP contribution in [0.2, 0.25) is 0 Å². The van der Waals surface area contributed by atoms with Crippen molar-refractivity contribution in [2.75, 3.05) is 25.2 Å². The van der Waals surface area contributed by atoms with Gasteiger partial charge in [0.05, 0.1) is 12.6 Å². The summed E-state index contributed by atoms with van der Waals surface area (Å²) in [7, 11) is 2.07. The topological polar surface area (TPSA) is 38.2 Å². The highest BCUT2D eigenvalue weighted by Gasteiger charge is 2.24. The second kappa shape index (κ2) is 5.13. The average molecular weight is 314 g/mol. The van der Waals surface area contributed by atoms with E-state index in [4.69, 9.17) is 4.74 Å². The summed E-state index contributed by atoms with van der Waals surface area (Å²) >= 11 is 3.47. The van der Waals surface area contributed by atoms with Crippen molar-refractivity contribution in [3.05, 3.63) is 16.5 Å². The lowest BCUT2D eigenvalue weighted by Crippen LogP contribution is -2.33. The maximum atomic E-state index is 5.43. The zero-order valence-electron chi connectivity index (χ0n) is 11.4. The lowest BCUT2D eigenvalue weighted by atomic mass is 9.96. The second-order valence-corrected chi connectivity index (χ2v) is 6.56. The SMILES string of the molecule is CN(c1cc(Br)nc(C(C)(C)C)n1)C1CCOC1. The fraction of sp³-hybridized carbons (Fsp3) is 0.692. The zero-order valence-corrected chi connectivity index (χ0v) is 13.0. The molecule has 1 aromatic rings. The van der Waals surface area contributed by atoms with Crippen LogP contribution in [0.25, 0.3) is 0 Å². The number of hydrogen-bond donors (Lipinski definition) is 0. The Bertz CT molecular complexity index is 425. The number of hydrogen-bond acceptors (Lipinski definition) is 4. The van der Waals surface area contributed by atoms with Crippen molar-refractivity contribution in [2.45, 2.75) is 38.6 Å². The highest BCUT2D eigenvalue weighted by atomic mass is 79.9. The van der Waals surface area contributed by atoms with Crippen molar-refractivity contribution in [3.63, 3.8) is 0 Å². The smallest absolute Gasteiger partial charge is 0.137 e. The molecule has 5 heteroatoms. The first kappa shape index (κ1) is 13.7. The van der Waals surface area contributed by atoms with Gasteiger partial charge in [-0.05, 0) is 22.4 Å². The minimum absolute atomic E-state index is 0.0501. The van der Waals surface area contributed by atoms with Crippen LogP contribution in [0, 0.1) is 0 Å². The molecule has 1 unspecified atom stereocenters. The largest absolute Gasteiger partial charge is 0.379 e. The number of rotatable bonds is 2. The van der Waals surface area contributed by atoms with E-state index >= 15 is 0 Å². The van der Waals surface area contributed by atoms with Gasteiger partial charge in [-0.3, -0.25) is 0 Å². The minimum atomic E-state index is -0.0501. The van der Waals surface area contributed by atoms with E-state index in [9.17, 15) is 0 Å². The Balaban J connectivity index is 2.29. The molecule has 2 rings (SSSR count). The van der Waals surface area contributed by atoms with Gasteiger partial charge in [-0.1, -0.05) is 20.8 Å². The van der Waals surface area contributed by atoms with Gasteiger partial charge in [-0.25, -0.2) is 9.97 Å². The summed E-state index contributed by atoms with van der Waals surface area (Å²) in [6.45, 7) is 7.99. The first-order valence-corrected chi connectivity index (χ1v) is 7.03. The van der Waals surface area contributed by atoms with Crippen LogP contribution in [-0.4, -0.2) is 36.3 Å². The molecule has 1 aliphatic heterocycles. The summed E-state index contributed by atoms with van der Waals surface area (Å²) in [4.78, 5) is 11.3. The van der Waals surface area contributed by atoms with Gasteiger partial charge in [-0.15, -0.1) is 0 Å². The van der Waals surface area contributed by atoms with Crippen LogP contribution in [0.15, 0.2) is 10.7 Å². The Morgan fingerprint density at radius 1 is 1.39 bits per heavy atom. The molecule has 0 saturated carbocycles. The summed E-state index contributed by atoms with van der Waals surface area (Å²) < 4.78 is 6.27. The predicted molar refractivity (Wildman–Crippen MR) is 76.1 cm³/mol. The van der Waals surface area contributed by atoms with Crippen molar-refractivity contribution in [1.82, 2.24) is 9.97 Å². The molecule has 1 aliphatic rings. The molecule has 0 amide bonds. The number of halogens is 1. The van der Waals surface area contributed by atoms with E-state index < -0.39 is 0 Å². The van der Waals surface area contributed by atoms with Crippen LogP contribution in [0.1, 0.15) is 33.0 Å². The summed E-state index contributed by atoms with van der Waals surface area (Å²) in [5, 5.41) is 0. The van der Waals surface area contributed by atoms with Crippen molar-refractivity contribution in [3.8, 4) is 0 Å². The molecule has 4 nitrogen and oxygen atoms in total. The fourth-order valence-electron chi connectivity index (χ4n) is 1.94. The molecule has 0 radical (unpaired) electrons. The summed E-state index contributed by atoms with van der Waals surface area (Å²) in [6.07, 6.45) is 1.06. The maximum absolute atomic E-state index is 5.43. The summed E-state index contributed by atoms with van der Waals surface area (Å²) in [6, 6.07) is 2.38. The molecule has 1 fully saturated rings. The van der Waals surface area contributed by atoms with E-state index in [1.165, 1.54) is 0 Å². The third-order valence-corrected chi connectivity index (χ3v) is 3.57. The van der Waals surface area contributed by atoms with Crippen LogP contribution >= 0.6 is 15.9 Å². The van der Waals surface area contributed by atoms with E-state index in [0.717, 1.165) is 35.9 Å². The number of nitrogens with zero attached hydrogens (tertiary/aromatic N) is 3. The van der Waals surface area contributed by atoms with Crippen molar-refractivity contribution >= 4 is 21.7 Å². The van der Waals surface area contributed by atoms with Crippen LogP contribution < -0.4 is 4.90 Å². The Labute approximate surface area is 117 Å². The van der Waals surface area contributed by atoms with Gasteiger partial charge in [0.25, 0.3) is 0 Å². The van der Waals surface area contributed by atoms with Gasteiger partial charge in [0, 0.05) is 25.1 Å². The van der Waals surface area contributed by atoms with Crippen LogP contribution in [0.3, 0.4) is 0 Å². The molecular weight excluding hydrogens is 294 g/mol. The van der Waals surface area contributed by atoms with E-state index in [2.05, 4.69) is 58.6 Å². The number of aromatic nitrogens is 2. The van der Waals surface area contributed by atoms with Crippen molar-refractivity contribution in [2.24, 2.45) is 0 Å². The maximum Gasteiger partial charge on any atom is 0.137 e. The van der Waals surface area contributed by atoms with Gasteiger partial charge in [0.15, 0.2) is 0 Å². The molecule has 0 N–H and O–H groups in total. The number of ether oxygens (including phenoxy) is 1. The quantitative estimate of drug-likeness (QED) is 0.787. The predicted octanol–water partition coefficient (Wildman–Crippen LogP) is 2.76. The van der Waals surface area contributed by atoms with Gasteiger partial charge >= 0.3 is 0 Å². The molecule has 1 saturated heterocycles. The van der Waals surface area contributed by atoms with Crippen LogP contribution in [0.5, 0.6) is 0 Å². The highest BCUT2D eigenvalue weighted by molar-refractivity contribution is 9.10. The van der Waals surface area contributed by atoms with Gasteiger partial charge in [0.2, 0.25) is 0 Å². The number of anilines is 1. The molecular formula is C13H20BrN3O. The molecule has 0 aliphatic carbocycles. The van der Waals surface area contributed by atoms with Gasteiger partial charge in [0.1, 0.15) is 16.2 Å². The van der Waals surface area contributed by atoms with Crippen molar-refractivity contribution < 1.29 is 4.74 Å². The standard InChI is InChI=1S/C13H20BrN3O/c1-13(2,3)12-15-10(14)7-11(16-12)17(4)9-5-6-18-8-9/h7,9H,5-6,8H2,1-4H3. The third-order valence-electron chi connectivity index (χ3n) is 3.17. The molecule has 100 valence electrons. The van der Waals surface area contributed by atoms with E-state index in [1.807, 2.05) is 6.07 Å². The van der Waals surface area contributed by atoms with E-state index in [0.29, 0.717) is 6.04 Å². The monoisotopic (exact) mass is 313 g/mol. The van der Waals surface area contributed by atoms with E-state index in [1.54, 1.807) is 0 Å². The van der Waals surface area contributed by atoms with Crippen molar-refractivity contribution in [1.29, 1.82) is 0 Å². The van der Waals surface area contributed by atoms with Crippen LogP contribution in [-0.2, 0) is 10.2 Å². The third kappa shape index (κ3) is 3.01. The molecule has 1 aromatic heterocycles. The zero-order chi connectivity index (χ0) is 13.3. The van der Waals surface area contributed by atoms with E-state index in [-0.39, 0.29) is 5.41 Å². The Morgan fingerprint density at radius 2 is 2.11 bits per heavy atom. The molecule has 0 bridgehead atoms. The molecule has 18 heavy (non-hydrogen) atoms. The number of likely N-dealkylation sites (N-methyl/N-ethyl adjacent to an activating group) is 1. The summed E-state index contributed by atoms with van der Waals surface area (Å²) in [5.74, 6) is 1.81. The van der Waals surface area contributed by atoms with Gasteiger partial charge < -0.3 is 9.64 Å². The molecule has 2 heterocycles. The second-order valence-electron chi connectivity index (χ2n) is 5.75. The Hall–Kier alpha value is -0.680. The van der Waals surface area contributed by atoms with Crippen LogP contribution in [0.4, 0.5) is 5.82 Å². The fourth-order valence-corrected chi connectivity index (χ4v) is 2.31. The first-order chi connectivity index (χ1) is 8.38. The molecule has 1 atom stereocenters. The normalized spacial score (nSPS) is 20.2. The Kier molecular flexibility index (Phi) is 3.92. The minimum Gasteiger partial charge on any atom is -0.379 e. The molecule has 0 spiro atoms. The average Bonchev–Trinajstić information content (AvgIpc) is 2.79. The lowest BCUT2D eigenvalue weighted by Gasteiger charge is -2.26. The first-order valence-electron chi connectivity index (χ1n) is 6.23. The lowest BCUT2D eigenvalue weighted by molar-refractivity contribution is 0.193. The Morgan fingerprint density at radius 3 is 2.67 bits per heavy atom. The molecule has 0 aromatic carbocycles.